The van der Waals surface area contributed by atoms with E-state index >= 15 is 0 Å². The molecule has 0 heterocycles. The van der Waals surface area contributed by atoms with Crippen LogP contribution in [0.2, 0.25) is 0 Å². The van der Waals surface area contributed by atoms with Crippen LogP contribution in [0.5, 0.6) is 0 Å². The summed E-state index contributed by atoms with van der Waals surface area (Å²) in [6.07, 6.45) is 18.0. The van der Waals surface area contributed by atoms with Crippen molar-refractivity contribution in [3.05, 3.63) is 0 Å². The van der Waals surface area contributed by atoms with Gasteiger partial charge in [0, 0.05) is 6.42 Å². The molecular formula is C19H39NaO2. The van der Waals surface area contributed by atoms with Crippen molar-refractivity contribution in [2.24, 2.45) is 0 Å². The Morgan fingerprint density at radius 2 is 1.14 bits per heavy atom. The number of rotatable bonds is 15. The van der Waals surface area contributed by atoms with Crippen LogP contribution < -0.4 is 29.6 Å². The van der Waals surface area contributed by atoms with Gasteiger partial charge in [0.25, 0.3) is 0 Å². The van der Waals surface area contributed by atoms with E-state index in [1.807, 2.05) is 13.8 Å². The Kier molecular flexibility index (Phi) is 21.9. The molecule has 0 N–H and O–H groups in total. The molecule has 0 unspecified atom stereocenters. The second-order valence-electron chi connectivity index (χ2n) is 6.53. The fraction of sp³-hybridized carbons (Fsp3) is 0.947. The largest absolute Gasteiger partial charge is 1.00 e. The molecule has 128 valence electrons. The molecule has 0 aliphatic carbocycles. The summed E-state index contributed by atoms with van der Waals surface area (Å²) in [6, 6.07) is 0. The van der Waals surface area contributed by atoms with E-state index in [1.165, 1.54) is 77.0 Å². The van der Waals surface area contributed by atoms with Crippen molar-refractivity contribution in [3.63, 3.8) is 0 Å². The first-order valence-electron chi connectivity index (χ1n) is 9.36. The van der Waals surface area contributed by atoms with Crippen molar-refractivity contribution in [2.75, 3.05) is 0 Å². The van der Waals surface area contributed by atoms with Crippen LogP contribution in [0.25, 0.3) is 0 Å². The Hall–Kier alpha value is 0.470. The maximum absolute atomic E-state index is 11.3. The second-order valence-corrected chi connectivity index (χ2v) is 6.53. The first-order valence-corrected chi connectivity index (χ1v) is 9.36. The van der Waals surface area contributed by atoms with Crippen molar-refractivity contribution in [3.8, 4) is 0 Å². The van der Waals surface area contributed by atoms with E-state index in [4.69, 9.17) is 4.74 Å². The van der Waals surface area contributed by atoms with Gasteiger partial charge in [-0.15, -0.1) is 0 Å². The van der Waals surface area contributed by atoms with Crippen LogP contribution in [0.4, 0.5) is 0 Å². The number of carbonyl (C=O) groups is 1. The maximum atomic E-state index is 11.3. The molecule has 0 rings (SSSR count). The molecule has 0 bridgehead atoms. The number of hydrogen-bond donors (Lipinski definition) is 0. The van der Waals surface area contributed by atoms with Gasteiger partial charge in [-0.25, -0.2) is 0 Å². The van der Waals surface area contributed by atoms with E-state index in [0.29, 0.717) is 6.42 Å². The normalized spacial score (nSPS) is 10.5. The number of carbonyl (C=O) groups excluding carboxylic acids is 1. The molecular weight excluding hydrogens is 283 g/mol. The number of ether oxygens (including phenoxy) is 1. The van der Waals surface area contributed by atoms with Gasteiger partial charge in [-0.05, 0) is 20.3 Å². The van der Waals surface area contributed by atoms with Crippen molar-refractivity contribution in [1.29, 1.82) is 0 Å². The quantitative estimate of drug-likeness (QED) is 0.262. The zero-order valence-corrected chi connectivity index (χ0v) is 17.8. The molecule has 0 fully saturated rings. The third-order valence-corrected chi connectivity index (χ3v) is 3.85. The van der Waals surface area contributed by atoms with E-state index in [0.717, 1.165) is 6.42 Å². The van der Waals surface area contributed by atoms with Crippen LogP contribution in [0.3, 0.4) is 0 Å². The number of hydrogen-bond acceptors (Lipinski definition) is 2. The number of unbranched alkanes of at least 4 members (excludes halogenated alkanes) is 12. The minimum Gasteiger partial charge on any atom is -1.00 e. The third-order valence-electron chi connectivity index (χ3n) is 3.85. The van der Waals surface area contributed by atoms with Gasteiger partial charge in [-0.1, -0.05) is 84.0 Å². The van der Waals surface area contributed by atoms with E-state index in [-0.39, 0.29) is 43.1 Å². The third kappa shape index (κ3) is 20.5. The molecule has 3 heteroatoms. The fourth-order valence-electron chi connectivity index (χ4n) is 2.61. The standard InChI is InChI=1S/C19H38O2.Na.H/c1-4-5-6-7-8-9-10-11-12-13-14-15-16-17-19(20)21-18(2)3;;/h18H,4-17H2,1-3H3;;/q;+1;-1. The Balaban J connectivity index is -0.00000200. The summed E-state index contributed by atoms with van der Waals surface area (Å²) in [5.74, 6) is -0.0342. The van der Waals surface area contributed by atoms with Gasteiger partial charge >= 0.3 is 35.5 Å². The van der Waals surface area contributed by atoms with Crippen LogP contribution in [0.15, 0.2) is 0 Å². The molecule has 0 spiro atoms. The Morgan fingerprint density at radius 1 is 0.773 bits per heavy atom. The molecule has 0 aromatic rings. The van der Waals surface area contributed by atoms with Gasteiger partial charge in [-0.2, -0.15) is 0 Å². The summed E-state index contributed by atoms with van der Waals surface area (Å²) in [5.41, 5.74) is 0. The van der Waals surface area contributed by atoms with Gasteiger partial charge in [0.1, 0.15) is 0 Å². The summed E-state index contributed by atoms with van der Waals surface area (Å²) in [4.78, 5) is 11.3. The molecule has 0 saturated carbocycles. The predicted octanol–water partition coefficient (Wildman–Crippen LogP) is 3.54. The van der Waals surface area contributed by atoms with Crippen molar-refractivity contribution in [2.45, 2.75) is 117 Å². The first kappa shape index (κ1) is 24.7. The first-order chi connectivity index (χ1) is 10.2. The Labute approximate surface area is 162 Å². The van der Waals surface area contributed by atoms with E-state index in [2.05, 4.69) is 6.92 Å². The average Bonchev–Trinajstić information content (AvgIpc) is 2.43. The molecule has 2 nitrogen and oxygen atoms in total. The molecule has 0 aliphatic rings. The van der Waals surface area contributed by atoms with Crippen LogP contribution in [-0.2, 0) is 9.53 Å². The molecule has 0 aromatic carbocycles. The van der Waals surface area contributed by atoms with Crippen LogP contribution >= 0.6 is 0 Å². The molecule has 22 heavy (non-hydrogen) atoms. The Bertz CT molecular complexity index is 235. The fourth-order valence-corrected chi connectivity index (χ4v) is 2.61. The summed E-state index contributed by atoms with van der Waals surface area (Å²) in [5, 5.41) is 0. The minimum atomic E-state index is -0.0342. The van der Waals surface area contributed by atoms with E-state index in [1.54, 1.807) is 0 Å². The van der Waals surface area contributed by atoms with Gasteiger partial charge < -0.3 is 6.16 Å². The predicted molar refractivity (Wildman–Crippen MR) is 92.7 cm³/mol. The van der Waals surface area contributed by atoms with Crippen LogP contribution in [0.1, 0.15) is 112 Å². The van der Waals surface area contributed by atoms with Crippen molar-refractivity contribution < 1.29 is 40.5 Å². The summed E-state index contributed by atoms with van der Waals surface area (Å²) in [7, 11) is 0. The minimum absolute atomic E-state index is 0. The van der Waals surface area contributed by atoms with Gasteiger partial charge in [0.15, 0.2) is 0 Å². The van der Waals surface area contributed by atoms with Gasteiger partial charge in [0.2, 0.25) is 0 Å². The molecule has 0 amide bonds. The summed E-state index contributed by atoms with van der Waals surface area (Å²) >= 11 is 0. The molecule has 0 atom stereocenters. The molecule has 0 saturated heterocycles. The van der Waals surface area contributed by atoms with Crippen molar-refractivity contribution >= 4 is 5.97 Å². The Morgan fingerprint density at radius 3 is 1.50 bits per heavy atom. The smallest absolute Gasteiger partial charge is 1.00 e. The summed E-state index contributed by atoms with van der Waals surface area (Å²) in [6.45, 7) is 6.08. The van der Waals surface area contributed by atoms with Gasteiger partial charge in [-0.3, -0.25) is 4.79 Å². The van der Waals surface area contributed by atoms with Crippen LogP contribution in [-0.4, -0.2) is 12.1 Å². The molecule has 0 aromatic heterocycles. The maximum Gasteiger partial charge on any atom is 1.00 e. The monoisotopic (exact) mass is 322 g/mol. The second kappa shape index (κ2) is 19.5. The van der Waals surface area contributed by atoms with Gasteiger partial charge in [0.05, 0.1) is 6.10 Å². The van der Waals surface area contributed by atoms with Crippen LogP contribution in [0, 0.1) is 0 Å². The zero-order valence-electron chi connectivity index (χ0n) is 16.8. The molecule has 0 radical (unpaired) electrons. The average molecular weight is 323 g/mol. The molecule has 0 aliphatic heterocycles. The summed E-state index contributed by atoms with van der Waals surface area (Å²) < 4.78 is 5.12. The van der Waals surface area contributed by atoms with E-state index in [9.17, 15) is 4.79 Å². The van der Waals surface area contributed by atoms with Crippen molar-refractivity contribution in [1.82, 2.24) is 0 Å². The van der Waals surface area contributed by atoms with E-state index < -0.39 is 0 Å². The zero-order chi connectivity index (χ0) is 15.8. The SMILES string of the molecule is CCCCCCCCCCCCCCCC(=O)OC(C)C.[H-].[Na+]. The topological polar surface area (TPSA) is 26.3 Å². The number of esters is 1.